The largest absolute Gasteiger partial charge is 0.493 e. The predicted octanol–water partition coefficient (Wildman–Crippen LogP) is 6.21. The average molecular weight is 506 g/mol. The van der Waals surface area contributed by atoms with Crippen LogP contribution in [0, 0.1) is 0 Å². The Labute approximate surface area is 222 Å². The molecule has 1 atom stereocenters. The maximum atomic E-state index is 13.0. The number of para-hydroxylation sites is 4. The zero-order chi connectivity index (χ0) is 26.3. The number of nitrogens with one attached hydrogen (secondary N) is 1. The van der Waals surface area contributed by atoms with Gasteiger partial charge in [0.2, 0.25) is 5.91 Å². The van der Waals surface area contributed by atoms with Crippen molar-refractivity contribution in [1.82, 2.24) is 14.9 Å². The lowest BCUT2D eigenvalue weighted by molar-refractivity contribution is -0.121. The first-order valence-corrected chi connectivity index (χ1v) is 12.8. The molecule has 5 aromatic rings. The van der Waals surface area contributed by atoms with E-state index in [0.717, 1.165) is 33.5 Å². The van der Waals surface area contributed by atoms with E-state index in [4.69, 9.17) is 14.5 Å². The number of hydrogen-bond donors (Lipinski definition) is 1. The number of amides is 1. The topological polar surface area (TPSA) is 65.4 Å². The number of benzene rings is 4. The van der Waals surface area contributed by atoms with E-state index in [1.54, 1.807) is 7.11 Å². The van der Waals surface area contributed by atoms with Gasteiger partial charge < -0.3 is 19.4 Å². The number of nitrogens with zero attached hydrogens (tertiary/aromatic N) is 2. The molecule has 0 fully saturated rings. The zero-order valence-corrected chi connectivity index (χ0v) is 21.6. The van der Waals surface area contributed by atoms with Crippen LogP contribution in [-0.4, -0.2) is 29.2 Å². The molecule has 0 aliphatic carbocycles. The van der Waals surface area contributed by atoms with Gasteiger partial charge in [0.15, 0.2) is 11.5 Å². The van der Waals surface area contributed by atoms with Gasteiger partial charge in [0, 0.05) is 0 Å². The van der Waals surface area contributed by atoms with Crippen LogP contribution in [0.5, 0.6) is 11.5 Å². The maximum absolute atomic E-state index is 13.0. The molecule has 192 valence electrons. The van der Waals surface area contributed by atoms with E-state index in [2.05, 4.69) is 34.1 Å². The number of carbonyl (C=O) groups excluding carboxylic acids is 1. The minimum atomic E-state index is -0.273. The van der Waals surface area contributed by atoms with Crippen molar-refractivity contribution in [2.75, 3.05) is 13.7 Å². The fraction of sp³-hybridized carbons (Fsp3) is 0.188. The van der Waals surface area contributed by atoms with Crippen molar-refractivity contribution < 1.29 is 14.3 Å². The van der Waals surface area contributed by atoms with Gasteiger partial charge in [0.25, 0.3) is 0 Å². The molecule has 1 heterocycles. The summed E-state index contributed by atoms with van der Waals surface area (Å²) in [6.45, 7) is 2.98. The van der Waals surface area contributed by atoms with Crippen molar-refractivity contribution >= 4 is 16.9 Å². The summed E-state index contributed by atoms with van der Waals surface area (Å²) in [4.78, 5) is 17.8. The lowest BCUT2D eigenvalue weighted by Crippen LogP contribution is -2.30. The second-order valence-electron chi connectivity index (χ2n) is 9.14. The van der Waals surface area contributed by atoms with Gasteiger partial charge in [-0.05, 0) is 47.9 Å². The highest BCUT2D eigenvalue weighted by molar-refractivity contribution is 5.80. The highest BCUT2D eigenvalue weighted by Gasteiger charge is 2.19. The number of carbonyl (C=O) groups is 1. The number of methoxy groups -OCH3 is 1. The van der Waals surface area contributed by atoms with Crippen LogP contribution in [0.4, 0.5) is 0 Å². The molecule has 38 heavy (non-hydrogen) atoms. The number of fused-ring (bicyclic) bond motifs is 1. The molecule has 0 saturated carbocycles. The standard InChI is InChI=1S/C32H31N3O3/c1-23(33-31(36)22-24-16-18-26(19-17-24)25-10-4-3-5-11-25)32-34-27-12-6-7-13-28(27)35(32)20-21-38-30-15-9-8-14-29(30)37-2/h3-19,23H,20-22H2,1-2H3,(H,33,36). The molecular formula is C32H31N3O3. The fourth-order valence-corrected chi connectivity index (χ4v) is 4.63. The van der Waals surface area contributed by atoms with E-state index >= 15 is 0 Å². The Morgan fingerprint density at radius 2 is 1.50 bits per heavy atom. The smallest absolute Gasteiger partial charge is 0.224 e. The summed E-state index contributed by atoms with van der Waals surface area (Å²) in [7, 11) is 1.63. The summed E-state index contributed by atoms with van der Waals surface area (Å²) >= 11 is 0. The Morgan fingerprint density at radius 1 is 0.842 bits per heavy atom. The van der Waals surface area contributed by atoms with E-state index < -0.39 is 0 Å². The number of hydrogen-bond acceptors (Lipinski definition) is 4. The minimum absolute atomic E-state index is 0.0474. The molecule has 1 aromatic heterocycles. The Morgan fingerprint density at radius 3 is 2.26 bits per heavy atom. The first-order valence-electron chi connectivity index (χ1n) is 12.8. The third-order valence-corrected chi connectivity index (χ3v) is 6.52. The van der Waals surface area contributed by atoms with Crippen LogP contribution in [0.3, 0.4) is 0 Å². The van der Waals surface area contributed by atoms with Crippen molar-refractivity contribution in [2.45, 2.75) is 25.9 Å². The van der Waals surface area contributed by atoms with Crippen LogP contribution in [0.25, 0.3) is 22.2 Å². The number of ether oxygens (including phenoxy) is 2. The van der Waals surface area contributed by atoms with Crippen LogP contribution >= 0.6 is 0 Å². The first kappa shape index (κ1) is 25.1. The molecule has 1 unspecified atom stereocenters. The number of imidazole rings is 1. The van der Waals surface area contributed by atoms with Crippen molar-refractivity contribution in [3.8, 4) is 22.6 Å². The highest BCUT2D eigenvalue weighted by atomic mass is 16.5. The Bertz CT molecular complexity index is 1510. The van der Waals surface area contributed by atoms with Gasteiger partial charge in [-0.2, -0.15) is 0 Å². The molecule has 6 heteroatoms. The molecule has 0 saturated heterocycles. The third kappa shape index (κ3) is 5.70. The monoisotopic (exact) mass is 505 g/mol. The molecule has 0 spiro atoms. The summed E-state index contributed by atoms with van der Waals surface area (Å²) in [5.74, 6) is 2.14. The van der Waals surface area contributed by atoms with Gasteiger partial charge >= 0.3 is 0 Å². The molecular weight excluding hydrogens is 474 g/mol. The Hall–Kier alpha value is -4.58. The van der Waals surface area contributed by atoms with Crippen LogP contribution in [0.15, 0.2) is 103 Å². The van der Waals surface area contributed by atoms with Gasteiger partial charge in [0.1, 0.15) is 12.4 Å². The molecule has 0 radical (unpaired) electrons. The van der Waals surface area contributed by atoms with Crippen molar-refractivity contribution in [3.05, 3.63) is 115 Å². The Kier molecular flexibility index (Phi) is 7.69. The third-order valence-electron chi connectivity index (χ3n) is 6.52. The van der Waals surface area contributed by atoms with E-state index in [-0.39, 0.29) is 11.9 Å². The predicted molar refractivity (Wildman–Crippen MR) is 150 cm³/mol. The summed E-state index contributed by atoms with van der Waals surface area (Å²) in [5.41, 5.74) is 5.15. The summed E-state index contributed by atoms with van der Waals surface area (Å²) in [6.07, 6.45) is 0.302. The van der Waals surface area contributed by atoms with Crippen LogP contribution in [0.2, 0.25) is 0 Å². The molecule has 4 aromatic carbocycles. The van der Waals surface area contributed by atoms with Crippen molar-refractivity contribution in [1.29, 1.82) is 0 Å². The van der Waals surface area contributed by atoms with Gasteiger partial charge in [-0.3, -0.25) is 4.79 Å². The Balaban J connectivity index is 1.27. The van der Waals surface area contributed by atoms with Gasteiger partial charge in [-0.25, -0.2) is 4.98 Å². The van der Waals surface area contributed by atoms with Gasteiger partial charge in [0.05, 0.1) is 37.2 Å². The van der Waals surface area contributed by atoms with Crippen LogP contribution in [-0.2, 0) is 17.8 Å². The van der Waals surface area contributed by atoms with Crippen molar-refractivity contribution in [3.63, 3.8) is 0 Å². The highest BCUT2D eigenvalue weighted by Crippen LogP contribution is 2.26. The first-order chi connectivity index (χ1) is 18.6. The fourth-order valence-electron chi connectivity index (χ4n) is 4.63. The lowest BCUT2D eigenvalue weighted by Gasteiger charge is -2.17. The van der Waals surface area contributed by atoms with Gasteiger partial charge in [-0.1, -0.05) is 78.9 Å². The molecule has 6 nitrogen and oxygen atoms in total. The summed E-state index contributed by atoms with van der Waals surface area (Å²) in [5, 5.41) is 3.14. The second kappa shape index (κ2) is 11.6. The van der Waals surface area contributed by atoms with Crippen LogP contribution in [0.1, 0.15) is 24.4 Å². The van der Waals surface area contributed by atoms with E-state index in [0.29, 0.717) is 31.1 Å². The molecule has 5 rings (SSSR count). The van der Waals surface area contributed by atoms with E-state index in [1.807, 2.05) is 85.8 Å². The normalized spacial score (nSPS) is 11.7. The SMILES string of the molecule is COc1ccccc1OCCn1c(C(C)NC(=O)Cc2ccc(-c3ccccc3)cc2)nc2ccccc21. The minimum Gasteiger partial charge on any atom is -0.493 e. The molecule has 0 aliphatic rings. The van der Waals surface area contributed by atoms with Gasteiger partial charge in [-0.15, -0.1) is 0 Å². The second-order valence-corrected chi connectivity index (χ2v) is 9.14. The summed E-state index contributed by atoms with van der Waals surface area (Å²) in [6, 6.07) is 33.7. The number of aromatic nitrogens is 2. The molecule has 0 bridgehead atoms. The van der Waals surface area contributed by atoms with E-state index in [9.17, 15) is 4.79 Å². The quantitative estimate of drug-likeness (QED) is 0.245. The molecule has 1 amide bonds. The van der Waals surface area contributed by atoms with Crippen LogP contribution < -0.4 is 14.8 Å². The van der Waals surface area contributed by atoms with Crippen molar-refractivity contribution in [2.24, 2.45) is 0 Å². The zero-order valence-electron chi connectivity index (χ0n) is 21.6. The molecule has 1 N–H and O–H groups in total. The molecule has 0 aliphatic heterocycles. The van der Waals surface area contributed by atoms with E-state index in [1.165, 1.54) is 0 Å². The lowest BCUT2D eigenvalue weighted by atomic mass is 10.0. The number of rotatable bonds is 10. The summed E-state index contributed by atoms with van der Waals surface area (Å²) < 4.78 is 13.5. The average Bonchev–Trinajstić information content (AvgIpc) is 3.33. The maximum Gasteiger partial charge on any atom is 0.224 e.